The van der Waals surface area contributed by atoms with E-state index in [4.69, 9.17) is 16.3 Å². The number of likely N-dealkylation sites (tertiary alicyclic amines) is 1. The Morgan fingerprint density at radius 1 is 1.26 bits per heavy atom. The van der Waals surface area contributed by atoms with Crippen molar-refractivity contribution in [2.75, 3.05) is 33.8 Å². The molecule has 0 aliphatic carbocycles. The maximum atomic E-state index is 10.3. The molecule has 0 saturated carbocycles. The van der Waals surface area contributed by atoms with Gasteiger partial charge in [0.25, 0.3) is 0 Å². The molecular formula is C24H33ClN4O2. The zero-order valence-corrected chi connectivity index (χ0v) is 19.3. The molecule has 2 atom stereocenters. The molecule has 2 unspecified atom stereocenters. The predicted octanol–water partition coefficient (Wildman–Crippen LogP) is 4.19. The molecular weight excluding hydrogens is 412 g/mol. The van der Waals surface area contributed by atoms with E-state index in [1.54, 1.807) is 13.2 Å². The summed E-state index contributed by atoms with van der Waals surface area (Å²) in [5.41, 5.74) is 1.98. The van der Waals surface area contributed by atoms with Crippen molar-refractivity contribution in [1.29, 1.82) is 0 Å². The molecule has 7 heteroatoms. The number of aromatic hydroxyl groups is 1. The summed E-state index contributed by atoms with van der Waals surface area (Å²) in [6.45, 7) is 5.05. The quantitative estimate of drug-likeness (QED) is 0.441. The molecule has 0 spiro atoms. The van der Waals surface area contributed by atoms with Gasteiger partial charge >= 0.3 is 0 Å². The second kappa shape index (κ2) is 11.3. The smallest absolute Gasteiger partial charge is 0.191 e. The lowest BCUT2D eigenvalue weighted by Crippen LogP contribution is -2.45. The summed E-state index contributed by atoms with van der Waals surface area (Å²) in [7, 11) is 3.73. The van der Waals surface area contributed by atoms with Crippen molar-refractivity contribution in [3.05, 3.63) is 58.6 Å². The number of piperidine rings is 1. The Morgan fingerprint density at radius 3 is 2.81 bits per heavy atom. The first-order valence-corrected chi connectivity index (χ1v) is 11.2. The third kappa shape index (κ3) is 6.05. The van der Waals surface area contributed by atoms with E-state index in [1.165, 1.54) is 12.0 Å². The van der Waals surface area contributed by atoms with E-state index < -0.39 is 0 Å². The number of methoxy groups -OCH3 is 1. The topological polar surface area (TPSA) is 69.1 Å². The SMILES string of the molecule is CCNC(=NCc1cccc(OC)c1O)NCC1CCCN(C)C1c1cccc(Cl)c1. The number of nitrogens with zero attached hydrogens (tertiary/aromatic N) is 2. The number of halogens is 1. The summed E-state index contributed by atoms with van der Waals surface area (Å²) in [6, 6.07) is 13.9. The van der Waals surface area contributed by atoms with Crippen molar-refractivity contribution in [2.24, 2.45) is 10.9 Å². The van der Waals surface area contributed by atoms with Gasteiger partial charge in [-0.15, -0.1) is 0 Å². The number of hydrogen-bond acceptors (Lipinski definition) is 4. The first kappa shape index (κ1) is 23.2. The van der Waals surface area contributed by atoms with Gasteiger partial charge in [-0.25, -0.2) is 4.99 Å². The molecule has 1 heterocycles. The number of nitrogens with one attached hydrogen (secondary N) is 2. The molecule has 31 heavy (non-hydrogen) atoms. The number of guanidine groups is 1. The van der Waals surface area contributed by atoms with Crippen LogP contribution < -0.4 is 15.4 Å². The highest BCUT2D eigenvalue weighted by Crippen LogP contribution is 2.35. The highest BCUT2D eigenvalue weighted by molar-refractivity contribution is 6.30. The largest absolute Gasteiger partial charge is 0.504 e. The van der Waals surface area contributed by atoms with E-state index in [9.17, 15) is 5.11 Å². The first-order chi connectivity index (χ1) is 15.0. The van der Waals surface area contributed by atoms with Gasteiger partial charge in [-0.05, 0) is 63.0 Å². The third-order valence-electron chi connectivity index (χ3n) is 5.78. The molecule has 3 rings (SSSR count). The van der Waals surface area contributed by atoms with Gasteiger partial charge in [0.05, 0.1) is 13.7 Å². The average Bonchev–Trinajstić information content (AvgIpc) is 2.76. The molecule has 0 bridgehead atoms. The summed E-state index contributed by atoms with van der Waals surface area (Å²) in [6.07, 6.45) is 2.32. The van der Waals surface area contributed by atoms with Gasteiger partial charge in [0, 0.05) is 29.7 Å². The Hall–Kier alpha value is -2.44. The van der Waals surface area contributed by atoms with E-state index in [0.29, 0.717) is 24.3 Å². The highest BCUT2D eigenvalue weighted by atomic mass is 35.5. The lowest BCUT2D eigenvalue weighted by molar-refractivity contribution is 0.122. The second-order valence-corrected chi connectivity index (χ2v) is 8.36. The number of para-hydroxylation sites is 1. The summed E-state index contributed by atoms with van der Waals surface area (Å²) < 4.78 is 5.20. The van der Waals surface area contributed by atoms with Crippen LogP contribution in [0.2, 0.25) is 5.02 Å². The molecule has 0 amide bonds. The van der Waals surface area contributed by atoms with Crippen molar-refractivity contribution >= 4 is 17.6 Å². The standard InChI is InChI=1S/C24H33ClN4O2/c1-4-26-24(28-16-19-9-6-12-21(31-3)23(19)30)27-15-18-10-7-13-29(2)22(18)17-8-5-11-20(25)14-17/h5-6,8-9,11-12,14,18,22,30H,4,7,10,13,15-16H2,1-3H3,(H2,26,27,28). The molecule has 3 N–H and O–H groups in total. The summed E-state index contributed by atoms with van der Waals surface area (Å²) in [5.74, 6) is 1.77. The van der Waals surface area contributed by atoms with Crippen LogP contribution in [0.5, 0.6) is 11.5 Å². The number of phenolic OH excluding ortho intramolecular Hbond substituents is 1. The average molecular weight is 445 g/mol. The van der Waals surface area contributed by atoms with Crippen molar-refractivity contribution in [1.82, 2.24) is 15.5 Å². The zero-order chi connectivity index (χ0) is 22.2. The van der Waals surface area contributed by atoms with Gasteiger partial charge in [-0.2, -0.15) is 0 Å². The van der Waals surface area contributed by atoms with Crippen molar-refractivity contribution in [2.45, 2.75) is 32.4 Å². The van der Waals surface area contributed by atoms with E-state index in [1.807, 2.05) is 31.2 Å². The Morgan fingerprint density at radius 2 is 2.06 bits per heavy atom. The van der Waals surface area contributed by atoms with Crippen LogP contribution >= 0.6 is 11.6 Å². The minimum Gasteiger partial charge on any atom is -0.504 e. The molecule has 1 fully saturated rings. The van der Waals surface area contributed by atoms with Crippen LogP contribution in [0.1, 0.15) is 36.9 Å². The third-order valence-corrected chi connectivity index (χ3v) is 6.02. The maximum absolute atomic E-state index is 10.3. The van der Waals surface area contributed by atoms with Crippen molar-refractivity contribution in [3.63, 3.8) is 0 Å². The van der Waals surface area contributed by atoms with Crippen LogP contribution in [0.3, 0.4) is 0 Å². The van der Waals surface area contributed by atoms with Crippen molar-refractivity contribution < 1.29 is 9.84 Å². The van der Waals surface area contributed by atoms with Crippen molar-refractivity contribution in [3.8, 4) is 11.5 Å². The second-order valence-electron chi connectivity index (χ2n) is 7.93. The predicted molar refractivity (Wildman–Crippen MR) is 127 cm³/mol. The molecule has 0 aromatic heterocycles. The number of hydrogen-bond donors (Lipinski definition) is 3. The molecule has 168 valence electrons. The number of phenols is 1. The lowest BCUT2D eigenvalue weighted by atomic mass is 9.85. The molecule has 1 aliphatic rings. The number of aliphatic imine (C=N–C) groups is 1. The van der Waals surface area contributed by atoms with Gasteiger partial charge in [0.1, 0.15) is 0 Å². The van der Waals surface area contributed by atoms with Crippen LogP contribution in [0.4, 0.5) is 0 Å². The number of ether oxygens (including phenoxy) is 1. The normalized spacial score (nSPS) is 19.8. The Kier molecular flexibility index (Phi) is 8.43. The van der Waals surface area contributed by atoms with E-state index in [2.05, 4.69) is 39.7 Å². The van der Waals surface area contributed by atoms with Crippen LogP contribution in [-0.4, -0.2) is 49.8 Å². The fraction of sp³-hybridized carbons (Fsp3) is 0.458. The fourth-order valence-electron chi connectivity index (χ4n) is 4.28. The molecule has 2 aromatic rings. The van der Waals surface area contributed by atoms with E-state index >= 15 is 0 Å². The fourth-order valence-corrected chi connectivity index (χ4v) is 4.48. The summed E-state index contributed by atoms with van der Waals surface area (Å²) >= 11 is 6.27. The van der Waals surface area contributed by atoms with Crippen LogP contribution in [0.25, 0.3) is 0 Å². The first-order valence-electron chi connectivity index (χ1n) is 10.9. The Balaban J connectivity index is 1.71. The maximum Gasteiger partial charge on any atom is 0.191 e. The zero-order valence-electron chi connectivity index (χ0n) is 18.6. The van der Waals surface area contributed by atoms with Crippen LogP contribution in [0.15, 0.2) is 47.5 Å². The van der Waals surface area contributed by atoms with Gasteiger partial charge in [0.2, 0.25) is 0 Å². The van der Waals surface area contributed by atoms with Crippen LogP contribution in [-0.2, 0) is 6.54 Å². The Bertz CT molecular complexity index is 890. The monoisotopic (exact) mass is 444 g/mol. The summed E-state index contributed by atoms with van der Waals surface area (Å²) in [4.78, 5) is 7.10. The van der Waals surface area contributed by atoms with Gasteiger partial charge < -0.3 is 20.5 Å². The molecule has 1 aliphatic heterocycles. The number of rotatable bonds is 7. The lowest BCUT2D eigenvalue weighted by Gasteiger charge is -2.40. The van der Waals surface area contributed by atoms with Gasteiger partial charge in [-0.1, -0.05) is 35.9 Å². The van der Waals surface area contributed by atoms with Gasteiger partial charge in [-0.3, -0.25) is 4.90 Å². The van der Waals surface area contributed by atoms with E-state index in [0.717, 1.165) is 42.6 Å². The van der Waals surface area contributed by atoms with Gasteiger partial charge in [0.15, 0.2) is 17.5 Å². The number of benzene rings is 2. The molecule has 1 saturated heterocycles. The molecule has 6 nitrogen and oxygen atoms in total. The minimum atomic E-state index is 0.138. The Labute approximate surface area is 190 Å². The van der Waals surface area contributed by atoms with E-state index in [-0.39, 0.29) is 5.75 Å². The van der Waals surface area contributed by atoms with Crippen LogP contribution in [0, 0.1) is 5.92 Å². The molecule has 2 aromatic carbocycles. The minimum absolute atomic E-state index is 0.138. The highest BCUT2D eigenvalue weighted by Gasteiger charge is 2.30. The molecule has 0 radical (unpaired) electrons. The summed E-state index contributed by atoms with van der Waals surface area (Å²) in [5, 5.41) is 17.9.